The molecule has 0 atom stereocenters. The molecule has 2 rings (SSSR count). The fourth-order valence-corrected chi connectivity index (χ4v) is 4.06. The van der Waals surface area contributed by atoms with Crippen molar-refractivity contribution in [3.8, 4) is 0 Å². The molecule has 22 heavy (non-hydrogen) atoms. The van der Waals surface area contributed by atoms with Crippen LogP contribution in [0, 0.1) is 0 Å². The molecule has 0 radical (unpaired) electrons. The highest BCUT2D eigenvalue weighted by Crippen LogP contribution is 2.22. The molecule has 0 aromatic carbocycles. The normalized spacial score (nSPS) is 11.2. The zero-order chi connectivity index (χ0) is 16.3. The van der Waals surface area contributed by atoms with E-state index in [0.717, 1.165) is 11.3 Å². The molecule has 11 heteroatoms. The van der Waals surface area contributed by atoms with Gasteiger partial charge in [0, 0.05) is 12.3 Å². The first kappa shape index (κ1) is 16.5. The number of carbonyl (C=O) groups is 2. The lowest BCUT2D eigenvalue weighted by atomic mass is 10.4. The Labute approximate surface area is 134 Å². The van der Waals surface area contributed by atoms with Crippen LogP contribution in [0.15, 0.2) is 21.7 Å². The monoisotopic (exact) mass is 361 g/mol. The van der Waals surface area contributed by atoms with E-state index in [1.54, 1.807) is 5.38 Å². The molecule has 0 aliphatic carbocycles. The number of ether oxygens (including phenoxy) is 1. The zero-order valence-electron chi connectivity index (χ0n) is 11.2. The van der Waals surface area contributed by atoms with E-state index in [2.05, 4.69) is 10.3 Å². The number of thiazole rings is 1. The molecule has 0 saturated carbocycles. The maximum absolute atomic E-state index is 11.9. The summed E-state index contributed by atoms with van der Waals surface area (Å²) in [6, 6.07) is 1.24. The molecule has 0 spiro atoms. The van der Waals surface area contributed by atoms with Crippen molar-refractivity contribution in [1.82, 2.24) is 4.98 Å². The number of carbonyl (C=O) groups excluding carboxylic acids is 2. The van der Waals surface area contributed by atoms with Crippen LogP contribution >= 0.6 is 22.7 Å². The summed E-state index contributed by atoms with van der Waals surface area (Å²) < 4.78 is 27.7. The lowest BCUT2D eigenvalue weighted by Crippen LogP contribution is -2.15. The molecule has 118 valence electrons. The van der Waals surface area contributed by atoms with Gasteiger partial charge in [-0.3, -0.25) is 4.79 Å². The summed E-state index contributed by atoms with van der Waals surface area (Å²) in [6.07, 6.45) is 0. The summed E-state index contributed by atoms with van der Waals surface area (Å²) in [5.74, 6) is -1.05. The number of rotatable bonds is 5. The number of hydrogen-bond acceptors (Lipinski definition) is 8. The molecule has 8 nitrogen and oxygen atoms in total. The van der Waals surface area contributed by atoms with Gasteiger partial charge in [0.15, 0.2) is 5.13 Å². The second-order valence-electron chi connectivity index (χ2n) is 4.06. The fraction of sp³-hybridized carbons (Fsp3) is 0.182. The van der Waals surface area contributed by atoms with Gasteiger partial charge in [-0.2, -0.15) is 0 Å². The topological polar surface area (TPSA) is 128 Å². The van der Waals surface area contributed by atoms with Crippen molar-refractivity contribution in [3.05, 3.63) is 27.4 Å². The molecule has 2 aromatic heterocycles. The number of aromatic nitrogens is 1. The van der Waals surface area contributed by atoms with Crippen molar-refractivity contribution in [2.75, 3.05) is 5.32 Å². The number of esters is 1. The molecular formula is C11H11N3O5S3. The van der Waals surface area contributed by atoms with E-state index in [1.165, 1.54) is 29.7 Å². The minimum Gasteiger partial charge on any atom is -0.455 e. The number of primary sulfonamides is 1. The largest absolute Gasteiger partial charge is 0.455 e. The summed E-state index contributed by atoms with van der Waals surface area (Å²) in [5, 5.41) is 11.0. The second-order valence-corrected chi connectivity index (χ2v) is 7.36. The van der Waals surface area contributed by atoms with Gasteiger partial charge >= 0.3 is 5.97 Å². The first-order valence-electron chi connectivity index (χ1n) is 5.77. The molecule has 0 unspecified atom stereocenters. The Morgan fingerprint density at radius 3 is 2.77 bits per heavy atom. The first-order chi connectivity index (χ1) is 10.3. The number of amides is 1. The summed E-state index contributed by atoms with van der Waals surface area (Å²) in [6.45, 7) is 1.21. The van der Waals surface area contributed by atoms with Gasteiger partial charge in [-0.25, -0.2) is 23.3 Å². The van der Waals surface area contributed by atoms with Crippen molar-refractivity contribution in [3.63, 3.8) is 0 Å². The fourth-order valence-electron chi connectivity index (χ4n) is 1.46. The Morgan fingerprint density at radius 2 is 2.14 bits per heavy atom. The van der Waals surface area contributed by atoms with Gasteiger partial charge in [0.1, 0.15) is 16.4 Å². The van der Waals surface area contributed by atoms with Crippen LogP contribution in [-0.2, 0) is 26.2 Å². The Bertz CT molecular complexity index is 809. The van der Waals surface area contributed by atoms with E-state index in [4.69, 9.17) is 9.88 Å². The highest BCUT2D eigenvalue weighted by molar-refractivity contribution is 7.89. The van der Waals surface area contributed by atoms with Gasteiger partial charge in [-0.1, -0.05) is 0 Å². The number of nitrogens with zero attached hydrogens (tertiary/aromatic N) is 1. The van der Waals surface area contributed by atoms with Gasteiger partial charge in [0.2, 0.25) is 15.9 Å². The van der Waals surface area contributed by atoms with E-state index in [1.807, 2.05) is 0 Å². The van der Waals surface area contributed by atoms with Gasteiger partial charge < -0.3 is 10.1 Å². The van der Waals surface area contributed by atoms with Crippen molar-refractivity contribution >= 4 is 49.7 Å². The van der Waals surface area contributed by atoms with Crippen LogP contribution in [0.3, 0.4) is 0 Å². The minimum absolute atomic E-state index is 0.0835. The SMILES string of the molecule is CC(=O)Nc1nc(COC(=O)c2sccc2S(N)(=O)=O)cs1. The molecule has 1 amide bonds. The smallest absolute Gasteiger partial charge is 0.350 e. The predicted molar refractivity (Wildman–Crippen MR) is 81.2 cm³/mol. The Hall–Kier alpha value is -1.82. The van der Waals surface area contributed by atoms with E-state index < -0.39 is 16.0 Å². The van der Waals surface area contributed by atoms with Gasteiger partial charge in [-0.05, 0) is 11.4 Å². The summed E-state index contributed by atoms with van der Waals surface area (Å²) in [5.41, 5.74) is 0.441. The molecule has 3 N–H and O–H groups in total. The number of thiophene rings is 1. The van der Waals surface area contributed by atoms with Crippen LogP contribution in [-0.4, -0.2) is 25.3 Å². The third kappa shape index (κ3) is 4.10. The Kier molecular flexibility index (Phi) is 4.90. The van der Waals surface area contributed by atoms with Crippen LogP contribution in [0.25, 0.3) is 0 Å². The second kappa shape index (κ2) is 6.52. The maximum Gasteiger partial charge on any atom is 0.350 e. The van der Waals surface area contributed by atoms with Crippen LogP contribution in [0.1, 0.15) is 22.3 Å². The third-order valence-corrected chi connectivity index (χ3v) is 5.09. The van der Waals surface area contributed by atoms with Gasteiger partial charge in [0.25, 0.3) is 0 Å². The van der Waals surface area contributed by atoms with Gasteiger partial charge in [0.05, 0.1) is 5.69 Å². The molecule has 2 aromatic rings. The maximum atomic E-state index is 11.9. The van der Waals surface area contributed by atoms with E-state index in [9.17, 15) is 18.0 Å². The van der Waals surface area contributed by atoms with E-state index >= 15 is 0 Å². The molecule has 0 fully saturated rings. The van der Waals surface area contributed by atoms with Crippen LogP contribution in [0.2, 0.25) is 0 Å². The average molecular weight is 361 g/mol. The lowest BCUT2D eigenvalue weighted by Gasteiger charge is -2.03. The molecule has 0 saturated heterocycles. The van der Waals surface area contributed by atoms with E-state index in [-0.39, 0.29) is 22.3 Å². The number of anilines is 1. The minimum atomic E-state index is -3.98. The number of sulfonamides is 1. The van der Waals surface area contributed by atoms with Crippen LogP contribution < -0.4 is 10.5 Å². The number of nitrogens with two attached hydrogens (primary N) is 1. The van der Waals surface area contributed by atoms with Crippen molar-refractivity contribution in [2.24, 2.45) is 5.14 Å². The van der Waals surface area contributed by atoms with Crippen molar-refractivity contribution < 1.29 is 22.7 Å². The molecular weight excluding hydrogens is 350 g/mol. The predicted octanol–water partition coefficient (Wildman–Crippen LogP) is 1.17. The lowest BCUT2D eigenvalue weighted by molar-refractivity contribution is -0.114. The standard InChI is InChI=1S/C11H11N3O5S3/c1-6(15)13-11-14-7(5-21-11)4-19-10(16)9-8(2-3-20-9)22(12,17)18/h2-3,5H,4H2,1H3,(H2,12,17,18)(H,13,14,15). The third-order valence-electron chi connectivity index (χ3n) is 2.31. The van der Waals surface area contributed by atoms with Gasteiger partial charge in [-0.15, -0.1) is 22.7 Å². The number of hydrogen-bond donors (Lipinski definition) is 2. The van der Waals surface area contributed by atoms with Crippen LogP contribution in [0.4, 0.5) is 5.13 Å². The Balaban J connectivity index is 2.03. The van der Waals surface area contributed by atoms with Crippen molar-refractivity contribution in [2.45, 2.75) is 18.4 Å². The molecule has 2 heterocycles. The highest BCUT2D eigenvalue weighted by atomic mass is 32.2. The summed E-state index contributed by atoms with van der Waals surface area (Å²) >= 11 is 2.11. The average Bonchev–Trinajstić information content (AvgIpc) is 3.02. The number of nitrogens with one attached hydrogen (secondary N) is 1. The first-order valence-corrected chi connectivity index (χ1v) is 9.07. The summed E-state index contributed by atoms with van der Waals surface area (Å²) in [4.78, 5) is 26.5. The van der Waals surface area contributed by atoms with Crippen molar-refractivity contribution in [1.29, 1.82) is 0 Å². The van der Waals surface area contributed by atoms with E-state index in [0.29, 0.717) is 10.8 Å². The molecule has 0 bridgehead atoms. The summed E-state index contributed by atoms with van der Waals surface area (Å²) in [7, 11) is -3.98. The quantitative estimate of drug-likeness (QED) is 0.769. The van der Waals surface area contributed by atoms with Crippen LogP contribution in [0.5, 0.6) is 0 Å². The molecule has 0 aliphatic rings. The Morgan fingerprint density at radius 1 is 1.41 bits per heavy atom. The molecule has 0 aliphatic heterocycles. The highest BCUT2D eigenvalue weighted by Gasteiger charge is 2.22. The zero-order valence-corrected chi connectivity index (χ0v) is 13.7.